The molecule has 0 aliphatic heterocycles. The van der Waals surface area contributed by atoms with Crippen LogP contribution in [0, 0.1) is 5.41 Å². The smallest absolute Gasteiger partial charge is 0.306 e. The number of rotatable bonds is 7. The Hall–Kier alpha value is -1.69. The number of carbonyl (C=O) groups excluding carboxylic acids is 1. The predicted molar refractivity (Wildman–Crippen MR) is 78.7 cm³/mol. The van der Waals surface area contributed by atoms with Crippen molar-refractivity contribution in [2.75, 3.05) is 12.9 Å². The lowest BCUT2D eigenvalue weighted by molar-refractivity contribution is -0.141. The molecule has 1 aliphatic rings. The molecule has 112 valence electrons. The van der Waals surface area contributed by atoms with Crippen molar-refractivity contribution in [3.63, 3.8) is 0 Å². The quantitative estimate of drug-likeness (QED) is 0.729. The van der Waals surface area contributed by atoms with E-state index in [4.69, 9.17) is 13.7 Å². The summed E-state index contributed by atoms with van der Waals surface area (Å²) in [6.45, 7) is 0. The second kappa shape index (κ2) is 5.97. The van der Waals surface area contributed by atoms with Gasteiger partial charge in [-0.25, -0.2) is 0 Å². The lowest BCUT2D eigenvalue weighted by Crippen LogP contribution is -2.13. The van der Waals surface area contributed by atoms with Gasteiger partial charge in [-0.1, -0.05) is 5.16 Å². The third-order valence-corrected chi connectivity index (χ3v) is 5.00. The average molecular weight is 307 g/mol. The van der Waals surface area contributed by atoms with Crippen LogP contribution in [-0.2, 0) is 15.3 Å². The molecule has 6 heteroatoms. The molecular weight excluding hydrogens is 290 g/mol. The Labute approximate surface area is 127 Å². The first-order valence-electron chi connectivity index (χ1n) is 6.85. The van der Waals surface area contributed by atoms with E-state index >= 15 is 0 Å². The largest absolute Gasteiger partial charge is 0.469 e. The Balaban J connectivity index is 1.49. The van der Waals surface area contributed by atoms with Gasteiger partial charge in [0.25, 0.3) is 0 Å². The molecule has 21 heavy (non-hydrogen) atoms. The first kappa shape index (κ1) is 14.3. The number of carbonyl (C=O) groups is 1. The second-order valence-electron chi connectivity index (χ2n) is 5.41. The van der Waals surface area contributed by atoms with Crippen molar-refractivity contribution in [2.45, 2.75) is 25.0 Å². The number of methoxy groups -OCH3 is 1. The van der Waals surface area contributed by atoms with Gasteiger partial charge in [-0.2, -0.15) is 11.8 Å². The lowest BCUT2D eigenvalue weighted by atomic mass is 10.1. The first-order valence-corrected chi connectivity index (χ1v) is 8.00. The topological polar surface area (TPSA) is 65.5 Å². The molecule has 0 atom stereocenters. The lowest BCUT2D eigenvalue weighted by Gasteiger charge is -2.12. The van der Waals surface area contributed by atoms with Crippen LogP contribution in [0.15, 0.2) is 33.4 Å². The number of thioether (sulfide) groups is 1. The second-order valence-corrected chi connectivity index (χ2v) is 6.39. The molecule has 2 aromatic rings. The third kappa shape index (κ3) is 3.50. The summed E-state index contributed by atoms with van der Waals surface area (Å²) in [7, 11) is 1.44. The molecule has 0 N–H and O–H groups in total. The minimum absolute atomic E-state index is 0.116. The number of ether oxygens (including phenoxy) is 1. The Kier molecular flexibility index (Phi) is 4.05. The van der Waals surface area contributed by atoms with E-state index < -0.39 is 0 Å². The molecule has 2 heterocycles. The molecule has 5 nitrogen and oxygen atoms in total. The fraction of sp³-hybridized carbons (Fsp3) is 0.467. The summed E-state index contributed by atoms with van der Waals surface area (Å²) in [5.74, 6) is 2.93. The maximum atomic E-state index is 11.4. The Morgan fingerprint density at radius 1 is 1.48 bits per heavy atom. The summed E-state index contributed by atoms with van der Waals surface area (Å²) in [5, 5.41) is 4.04. The van der Waals surface area contributed by atoms with Gasteiger partial charge >= 0.3 is 5.97 Å². The number of hydrogen-bond acceptors (Lipinski definition) is 6. The van der Waals surface area contributed by atoms with E-state index in [1.807, 2.05) is 18.2 Å². The highest BCUT2D eigenvalue weighted by molar-refractivity contribution is 7.98. The Bertz CT molecular complexity index is 601. The van der Waals surface area contributed by atoms with Gasteiger partial charge in [0.05, 0.1) is 25.5 Å². The van der Waals surface area contributed by atoms with Gasteiger partial charge in [0.2, 0.25) is 5.76 Å². The Morgan fingerprint density at radius 3 is 3.00 bits per heavy atom. The van der Waals surface area contributed by atoms with Gasteiger partial charge < -0.3 is 13.7 Å². The number of aromatic nitrogens is 1. The van der Waals surface area contributed by atoms with Crippen LogP contribution in [0.5, 0.6) is 0 Å². The van der Waals surface area contributed by atoms with Crippen LogP contribution in [0.3, 0.4) is 0 Å². The number of hydrogen-bond donors (Lipinski definition) is 0. The number of nitrogens with zero attached hydrogens (tertiary/aromatic N) is 1. The van der Waals surface area contributed by atoms with Crippen LogP contribution in [0.4, 0.5) is 0 Å². The number of esters is 1. The average Bonchev–Trinajstić information content (AvgIpc) is 2.93. The molecule has 1 saturated carbocycles. The molecular formula is C15H17NO4S. The minimum Gasteiger partial charge on any atom is -0.469 e. The summed E-state index contributed by atoms with van der Waals surface area (Å²) in [6.07, 6.45) is 4.33. The molecule has 3 rings (SSSR count). The summed E-state index contributed by atoms with van der Waals surface area (Å²) in [5.41, 5.74) is 1.03. The molecule has 0 radical (unpaired) electrons. The molecule has 1 fully saturated rings. The van der Waals surface area contributed by atoms with Crippen LogP contribution in [0.1, 0.15) is 25.0 Å². The van der Waals surface area contributed by atoms with Gasteiger partial charge in [0, 0.05) is 11.8 Å². The van der Waals surface area contributed by atoms with Crippen LogP contribution < -0.4 is 0 Å². The van der Waals surface area contributed by atoms with Crippen LogP contribution in [0.2, 0.25) is 0 Å². The maximum Gasteiger partial charge on any atom is 0.306 e. The molecule has 0 saturated heterocycles. The van der Waals surface area contributed by atoms with Crippen molar-refractivity contribution >= 4 is 17.7 Å². The SMILES string of the molecule is COC(=O)CC1(CSCc2cc(-c3ccco3)on2)CC1. The van der Waals surface area contributed by atoms with Gasteiger partial charge in [0.1, 0.15) is 0 Å². The van der Waals surface area contributed by atoms with Gasteiger partial charge in [0.15, 0.2) is 5.76 Å². The third-order valence-electron chi connectivity index (χ3n) is 3.69. The summed E-state index contributed by atoms with van der Waals surface area (Å²) < 4.78 is 15.3. The molecule has 0 unspecified atom stereocenters. The van der Waals surface area contributed by atoms with Gasteiger partial charge in [-0.3, -0.25) is 4.79 Å². The van der Waals surface area contributed by atoms with Crippen molar-refractivity contribution in [1.82, 2.24) is 5.16 Å². The molecule has 0 aromatic carbocycles. The zero-order chi connectivity index (χ0) is 14.7. The fourth-order valence-corrected chi connectivity index (χ4v) is 3.49. The number of furan rings is 1. The van der Waals surface area contributed by atoms with E-state index in [1.165, 1.54) is 7.11 Å². The van der Waals surface area contributed by atoms with Crippen LogP contribution in [-0.4, -0.2) is 24.0 Å². The van der Waals surface area contributed by atoms with E-state index in [2.05, 4.69) is 5.16 Å². The maximum absolute atomic E-state index is 11.4. The highest BCUT2D eigenvalue weighted by atomic mass is 32.2. The van der Waals surface area contributed by atoms with Crippen molar-refractivity contribution in [2.24, 2.45) is 5.41 Å². The first-order chi connectivity index (χ1) is 10.2. The van der Waals surface area contributed by atoms with E-state index in [9.17, 15) is 4.79 Å². The molecule has 0 spiro atoms. The standard InChI is InChI=1S/C15H17NO4S/c1-18-14(17)8-15(4-5-15)10-21-9-11-7-13(20-16-11)12-3-2-6-19-12/h2-3,6-7H,4-5,8-10H2,1H3. The summed E-state index contributed by atoms with van der Waals surface area (Å²) >= 11 is 1.78. The zero-order valence-corrected chi connectivity index (χ0v) is 12.6. The molecule has 1 aliphatic carbocycles. The van der Waals surface area contributed by atoms with Gasteiger partial charge in [-0.05, 0) is 36.1 Å². The molecule has 0 bridgehead atoms. The van der Waals surface area contributed by atoms with Crippen molar-refractivity contribution in [3.8, 4) is 11.5 Å². The fourth-order valence-electron chi connectivity index (χ4n) is 2.21. The highest BCUT2D eigenvalue weighted by Crippen LogP contribution is 2.51. The van der Waals surface area contributed by atoms with E-state index in [0.717, 1.165) is 30.0 Å². The van der Waals surface area contributed by atoms with Crippen molar-refractivity contribution in [1.29, 1.82) is 0 Å². The zero-order valence-electron chi connectivity index (χ0n) is 11.8. The van der Waals surface area contributed by atoms with E-state index in [-0.39, 0.29) is 11.4 Å². The monoisotopic (exact) mass is 307 g/mol. The normalized spacial score (nSPS) is 15.9. The van der Waals surface area contributed by atoms with Crippen molar-refractivity contribution < 1.29 is 18.5 Å². The van der Waals surface area contributed by atoms with E-state index in [0.29, 0.717) is 17.9 Å². The van der Waals surface area contributed by atoms with Gasteiger partial charge in [-0.15, -0.1) is 0 Å². The Morgan fingerprint density at radius 2 is 2.33 bits per heavy atom. The molecule has 0 amide bonds. The van der Waals surface area contributed by atoms with E-state index in [1.54, 1.807) is 18.0 Å². The predicted octanol–water partition coefficient (Wildman–Crippen LogP) is 3.51. The van der Waals surface area contributed by atoms with Crippen molar-refractivity contribution in [3.05, 3.63) is 30.2 Å². The van der Waals surface area contributed by atoms with Crippen LogP contribution >= 0.6 is 11.8 Å². The summed E-state index contributed by atoms with van der Waals surface area (Å²) in [4.78, 5) is 11.4. The molecule has 2 aromatic heterocycles. The highest BCUT2D eigenvalue weighted by Gasteiger charge is 2.44. The summed E-state index contributed by atoms with van der Waals surface area (Å²) in [6, 6.07) is 5.55. The minimum atomic E-state index is -0.116. The van der Waals surface area contributed by atoms with Crippen LogP contribution in [0.25, 0.3) is 11.5 Å².